The highest BCUT2D eigenvalue weighted by molar-refractivity contribution is 5.81. The minimum atomic E-state index is -4.41. The Bertz CT molecular complexity index is 661. The topological polar surface area (TPSA) is 38.8 Å². The molecule has 1 aliphatic carbocycles. The molecule has 0 amide bonds. The second kappa shape index (κ2) is 6.52. The maximum absolute atomic E-state index is 12.5. The van der Waals surface area contributed by atoms with Crippen LogP contribution in [0.25, 0.3) is 0 Å². The van der Waals surface area contributed by atoms with Crippen molar-refractivity contribution in [1.29, 1.82) is 0 Å². The van der Waals surface area contributed by atoms with Crippen molar-refractivity contribution < 1.29 is 27.4 Å². The highest BCUT2D eigenvalue weighted by Crippen LogP contribution is 2.49. The Hall–Kier alpha value is -1.76. The summed E-state index contributed by atoms with van der Waals surface area (Å²) in [5.41, 5.74) is 0.706. The molecule has 1 heterocycles. The minimum absolute atomic E-state index is 0.0811. The lowest BCUT2D eigenvalue weighted by molar-refractivity contribution is -0.153. The number of carbonyl (C=O) groups is 1. The normalized spacial score (nSPS) is 27.2. The van der Waals surface area contributed by atoms with Crippen LogP contribution in [0.4, 0.5) is 13.2 Å². The van der Waals surface area contributed by atoms with Gasteiger partial charge in [0.15, 0.2) is 18.1 Å². The van der Waals surface area contributed by atoms with Crippen LogP contribution < -0.4 is 9.47 Å². The molecule has 4 nitrogen and oxygen atoms in total. The molecule has 0 aromatic heterocycles. The van der Waals surface area contributed by atoms with E-state index in [4.69, 9.17) is 9.47 Å². The van der Waals surface area contributed by atoms with Crippen LogP contribution in [0.5, 0.6) is 11.5 Å². The Labute approximate surface area is 144 Å². The average Bonchev–Trinajstić information content (AvgIpc) is 2.90. The van der Waals surface area contributed by atoms with Gasteiger partial charge in [-0.05, 0) is 44.1 Å². The van der Waals surface area contributed by atoms with Crippen LogP contribution in [-0.4, -0.2) is 50.2 Å². The second-order valence-electron chi connectivity index (χ2n) is 6.91. The second-order valence-corrected chi connectivity index (χ2v) is 6.91. The first kappa shape index (κ1) is 18.0. The van der Waals surface area contributed by atoms with Gasteiger partial charge in [-0.1, -0.05) is 6.07 Å². The number of hydrogen-bond donors (Lipinski definition) is 0. The molecule has 0 radical (unpaired) electrons. The standard InChI is InChI=1S/C18H22F3NO3/c1-22-8-7-17(6-5-13(23)10-16(17)22)12-3-4-14(24-2)15(9-12)25-11-18(19,20)21/h3-4,9,16H,5-8,10-11H2,1-2H3/t16-,17-/m0/s1. The Balaban J connectivity index is 1.95. The number of rotatable bonds is 4. The Morgan fingerprint density at radius 3 is 2.72 bits per heavy atom. The van der Waals surface area contributed by atoms with E-state index in [1.54, 1.807) is 12.1 Å². The zero-order valence-corrected chi connectivity index (χ0v) is 14.4. The van der Waals surface area contributed by atoms with E-state index < -0.39 is 12.8 Å². The summed E-state index contributed by atoms with van der Waals surface area (Å²) in [6, 6.07) is 5.28. The minimum Gasteiger partial charge on any atom is -0.493 e. The number of carbonyl (C=O) groups excluding carboxylic acids is 1. The van der Waals surface area contributed by atoms with Gasteiger partial charge in [-0.3, -0.25) is 4.79 Å². The molecule has 1 saturated heterocycles. The summed E-state index contributed by atoms with van der Waals surface area (Å²) in [4.78, 5) is 14.1. The summed E-state index contributed by atoms with van der Waals surface area (Å²) in [7, 11) is 3.40. The molecule has 0 unspecified atom stereocenters. The van der Waals surface area contributed by atoms with Gasteiger partial charge in [-0.25, -0.2) is 0 Å². The van der Waals surface area contributed by atoms with Crippen LogP contribution in [0, 0.1) is 0 Å². The number of ketones is 1. The van der Waals surface area contributed by atoms with Gasteiger partial charge >= 0.3 is 6.18 Å². The fourth-order valence-electron chi connectivity index (χ4n) is 4.18. The van der Waals surface area contributed by atoms with E-state index in [0.29, 0.717) is 19.3 Å². The number of halogens is 3. The fraction of sp³-hybridized carbons (Fsp3) is 0.611. The molecule has 2 atom stereocenters. The van der Waals surface area contributed by atoms with Gasteiger partial charge in [0, 0.05) is 24.3 Å². The van der Waals surface area contributed by atoms with Gasteiger partial charge in [0.05, 0.1) is 7.11 Å². The van der Waals surface area contributed by atoms with Crippen molar-refractivity contribution in [2.24, 2.45) is 0 Å². The quantitative estimate of drug-likeness (QED) is 0.829. The summed E-state index contributed by atoms with van der Waals surface area (Å²) >= 11 is 0. The van der Waals surface area contributed by atoms with E-state index >= 15 is 0 Å². The molecule has 1 aromatic rings. The van der Waals surface area contributed by atoms with Crippen LogP contribution in [-0.2, 0) is 10.2 Å². The maximum Gasteiger partial charge on any atom is 0.422 e. The first-order valence-electron chi connectivity index (χ1n) is 8.35. The Morgan fingerprint density at radius 2 is 2.04 bits per heavy atom. The van der Waals surface area contributed by atoms with Crippen molar-refractivity contribution in [2.45, 2.75) is 43.3 Å². The summed E-state index contributed by atoms with van der Waals surface area (Å²) in [6.07, 6.45) is -1.82. The molecule has 3 rings (SSSR count). The molecule has 2 aliphatic rings. The zero-order chi connectivity index (χ0) is 18.2. The first-order chi connectivity index (χ1) is 11.7. The summed E-state index contributed by atoms with van der Waals surface area (Å²) in [5, 5.41) is 0. The van der Waals surface area contributed by atoms with E-state index in [2.05, 4.69) is 4.90 Å². The van der Waals surface area contributed by atoms with Gasteiger partial charge in [-0.2, -0.15) is 13.2 Å². The highest BCUT2D eigenvalue weighted by atomic mass is 19.4. The number of hydrogen-bond acceptors (Lipinski definition) is 4. The molecule has 25 heavy (non-hydrogen) atoms. The van der Waals surface area contributed by atoms with Gasteiger partial charge in [-0.15, -0.1) is 0 Å². The molecule has 0 N–H and O–H groups in total. The van der Waals surface area contributed by atoms with Gasteiger partial charge in [0.1, 0.15) is 5.78 Å². The predicted molar refractivity (Wildman–Crippen MR) is 86.1 cm³/mol. The summed E-state index contributed by atoms with van der Waals surface area (Å²) < 4.78 is 47.7. The Kier molecular flexibility index (Phi) is 4.70. The van der Waals surface area contributed by atoms with Crippen LogP contribution in [0.15, 0.2) is 18.2 Å². The molecule has 0 spiro atoms. The third kappa shape index (κ3) is 3.47. The predicted octanol–water partition coefficient (Wildman–Crippen LogP) is 3.33. The molecule has 1 aromatic carbocycles. The van der Waals surface area contributed by atoms with Crippen molar-refractivity contribution in [3.8, 4) is 11.5 Å². The largest absolute Gasteiger partial charge is 0.493 e. The molecule has 2 fully saturated rings. The van der Waals surface area contributed by atoms with Crippen LogP contribution in [0.2, 0.25) is 0 Å². The van der Waals surface area contributed by atoms with Gasteiger partial charge in [0.25, 0.3) is 0 Å². The lowest BCUT2D eigenvalue weighted by atomic mass is 9.66. The monoisotopic (exact) mass is 357 g/mol. The lowest BCUT2D eigenvalue weighted by Crippen LogP contribution is -2.46. The van der Waals surface area contributed by atoms with E-state index in [-0.39, 0.29) is 28.7 Å². The van der Waals surface area contributed by atoms with Crippen LogP contribution in [0.3, 0.4) is 0 Å². The molecule has 1 aliphatic heterocycles. The number of likely N-dealkylation sites (N-methyl/N-ethyl adjacent to an activating group) is 1. The maximum atomic E-state index is 12.5. The smallest absolute Gasteiger partial charge is 0.422 e. The van der Waals surface area contributed by atoms with Crippen LogP contribution >= 0.6 is 0 Å². The molecular formula is C18H22F3NO3. The molecule has 0 bridgehead atoms. The van der Waals surface area contributed by atoms with Crippen molar-refractivity contribution in [1.82, 2.24) is 4.90 Å². The average molecular weight is 357 g/mol. The number of fused-ring (bicyclic) bond motifs is 1. The number of likely N-dealkylation sites (tertiary alicyclic amines) is 1. The fourth-order valence-corrected chi connectivity index (χ4v) is 4.18. The molecular weight excluding hydrogens is 335 g/mol. The number of Topliss-reactive ketones (excluding diaryl/α,β-unsaturated/α-hetero) is 1. The van der Waals surface area contributed by atoms with E-state index in [9.17, 15) is 18.0 Å². The van der Waals surface area contributed by atoms with Crippen LogP contribution in [0.1, 0.15) is 31.2 Å². The number of methoxy groups -OCH3 is 1. The van der Waals surface area contributed by atoms with Crippen molar-refractivity contribution in [2.75, 3.05) is 27.3 Å². The highest BCUT2D eigenvalue weighted by Gasteiger charge is 2.50. The lowest BCUT2D eigenvalue weighted by Gasteiger charge is -2.41. The third-order valence-electron chi connectivity index (χ3n) is 5.48. The molecule has 7 heteroatoms. The van der Waals surface area contributed by atoms with Crippen molar-refractivity contribution >= 4 is 5.78 Å². The Morgan fingerprint density at radius 1 is 1.28 bits per heavy atom. The SMILES string of the molecule is COc1ccc([C@@]23CCC(=O)C[C@@H]2N(C)CC3)cc1OCC(F)(F)F. The first-order valence-corrected chi connectivity index (χ1v) is 8.35. The van der Waals surface area contributed by atoms with E-state index in [0.717, 1.165) is 18.5 Å². The number of ether oxygens (including phenoxy) is 2. The molecule has 1 saturated carbocycles. The number of benzene rings is 1. The molecule has 138 valence electrons. The summed E-state index contributed by atoms with van der Waals surface area (Å²) in [6.45, 7) is -0.496. The number of nitrogens with zero attached hydrogens (tertiary/aromatic N) is 1. The van der Waals surface area contributed by atoms with Gasteiger partial charge in [0.2, 0.25) is 0 Å². The van der Waals surface area contributed by atoms with E-state index in [1.165, 1.54) is 7.11 Å². The van der Waals surface area contributed by atoms with Gasteiger partial charge < -0.3 is 14.4 Å². The van der Waals surface area contributed by atoms with Crippen molar-refractivity contribution in [3.63, 3.8) is 0 Å². The number of alkyl halides is 3. The van der Waals surface area contributed by atoms with E-state index in [1.807, 2.05) is 13.1 Å². The van der Waals surface area contributed by atoms with Crippen molar-refractivity contribution in [3.05, 3.63) is 23.8 Å². The summed E-state index contributed by atoms with van der Waals surface area (Å²) in [5.74, 6) is 0.618. The third-order valence-corrected chi connectivity index (χ3v) is 5.48. The zero-order valence-electron chi connectivity index (χ0n) is 14.4.